The number of nitrogens with zero attached hydrogens (tertiary/aromatic N) is 4. The van der Waals surface area contributed by atoms with E-state index >= 15 is 0 Å². The fourth-order valence-electron chi connectivity index (χ4n) is 11.3. The average Bonchev–Trinajstić information content (AvgIpc) is 4.05. The van der Waals surface area contributed by atoms with Crippen LogP contribution in [-0.4, -0.2) is 19.9 Å². The Kier molecular flexibility index (Phi) is 10.3. The van der Waals surface area contributed by atoms with Gasteiger partial charge in [0.15, 0.2) is 0 Å². The fourth-order valence-corrected chi connectivity index (χ4v) is 13.9. The van der Waals surface area contributed by atoms with Gasteiger partial charge in [0.2, 0.25) is 0 Å². The Morgan fingerprint density at radius 2 is 0.627 bits per heavy atom. The first kappa shape index (κ1) is 45.3. The third-order valence-electron chi connectivity index (χ3n) is 15.0. The standard InChI is InChI=1S/C68H50N4OS2/c1-67(2,3)41-31-39(59-65-61(71-37-69-59)57-53-27-15-11-23-49(53)45-19-7-9-21-47(45)51-25-13-17-29-55(51)63(57)74-65)33-43(35-41)73-44-34-40(32-42(36-44)68(4,5)6)60-66-62(72-38-70-60)58-54-28-16-12-24-50(54)46-20-8-10-22-48(46)52-26-14-18-30-56(52)64(58)75-66/h7-38H,1-6H3. The van der Waals surface area contributed by atoms with Gasteiger partial charge in [-0.2, -0.15) is 0 Å². The molecule has 0 fully saturated rings. The molecule has 0 bridgehead atoms. The molecule has 0 radical (unpaired) electrons. The molecular weight excluding hydrogens is 953 g/mol. The normalized spacial score (nSPS) is 12.4. The number of ether oxygens (including phenoxy) is 1. The lowest BCUT2D eigenvalue weighted by Crippen LogP contribution is -2.12. The first-order chi connectivity index (χ1) is 36.5. The lowest BCUT2D eigenvalue weighted by molar-refractivity contribution is 0.475. The molecule has 12 aromatic rings. The SMILES string of the molecule is CC(C)(C)c1cc(Oc2cc(-c3ncnc4c5c(sc34)-c3ccccc3-c3ccccc3-c3ccccc3-5)cc(C(C)(C)C)c2)cc(-c2ncnc3c4c(sc23)-c2ccccc2-c2ccccc2-c2ccccc2-4)c1. The minimum absolute atomic E-state index is 0.200. The maximum absolute atomic E-state index is 7.20. The third kappa shape index (κ3) is 7.39. The predicted molar refractivity (Wildman–Crippen MR) is 314 cm³/mol. The van der Waals surface area contributed by atoms with Gasteiger partial charge >= 0.3 is 0 Å². The molecule has 0 spiro atoms. The quantitative estimate of drug-likeness (QED) is 0.176. The molecule has 4 heterocycles. The van der Waals surface area contributed by atoms with Crippen molar-refractivity contribution in [3.63, 3.8) is 0 Å². The van der Waals surface area contributed by atoms with E-state index in [-0.39, 0.29) is 10.8 Å². The molecular formula is C68H50N4OS2. The number of benzene rings is 8. The topological polar surface area (TPSA) is 60.8 Å². The van der Waals surface area contributed by atoms with Gasteiger partial charge < -0.3 is 4.74 Å². The van der Waals surface area contributed by atoms with Crippen LogP contribution in [0.2, 0.25) is 0 Å². The summed E-state index contributed by atoms with van der Waals surface area (Å²) in [6, 6.07) is 65.9. The van der Waals surface area contributed by atoms with Crippen LogP contribution in [0.5, 0.6) is 11.5 Å². The number of hydrogen-bond acceptors (Lipinski definition) is 7. The Labute approximate surface area is 444 Å². The van der Waals surface area contributed by atoms with Crippen molar-refractivity contribution in [2.45, 2.75) is 52.4 Å². The van der Waals surface area contributed by atoms with Crippen LogP contribution in [0.25, 0.3) is 131 Å². The summed E-state index contributed by atoms with van der Waals surface area (Å²) in [6.07, 6.45) is 3.47. The zero-order valence-electron chi connectivity index (χ0n) is 42.5. The molecule has 0 aliphatic heterocycles. The second-order valence-corrected chi connectivity index (χ2v) is 23.8. The second-order valence-electron chi connectivity index (χ2n) is 21.8. The molecule has 0 unspecified atom stereocenters. The highest BCUT2D eigenvalue weighted by Gasteiger charge is 2.30. The number of aromatic nitrogens is 4. The summed E-state index contributed by atoms with van der Waals surface area (Å²) in [5.74, 6) is 1.48. The van der Waals surface area contributed by atoms with Gasteiger partial charge in [-0.05, 0) is 114 Å². The highest BCUT2D eigenvalue weighted by atomic mass is 32.1. The lowest BCUT2D eigenvalue weighted by Gasteiger charge is -2.23. The van der Waals surface area contributed by atoms with Crippen LogP contribution >= 0.6 is 22.7 Å². The molecule has 7 heteroatoms. The smallest absolute Gasteiger partial charge is 0.128 e. The number of fused-ring (bicyclic) bond motifs is 20. The Morgan fingerprint density at radius 3 is 0.960 bits per heavy atom. The van der Waals surface area contributed by atoms with Crippen LogP contribution in [0.1, 0.15) is 52.7 Å². The second kappa shape index (κ2) is 17.1. The van der Waals surface area contributed by atoms with Gasteiger partial charge in [0, 0.05) is 43.1 Å². The largest absolute Gasteiger partial charge is 0.457 e. The molecule has 5 nitrogen and oxygen atoms in total. The molecule has 0 saturated carbocycles. The van der Waals surface area contributed by atoms with Crippen LogP contribution in [0.4, 0.5) is 0 Å². The molecule has 14 rings (SSSR count). The lowest BCUT2D eigenvalue weighted by atomic mass is 9.83. The maximum atomic E-state index is 7.20. The van der Waals surface area contributed by atoms with Crippen molar-refractivity contribution in [1.29, 1.82) is 0 Å². The average molecular weight is 1000 g/mol. The molecule has 2 aliphatic carbocycles. The van der Waals surface area contributed by atoms with Crippen molar-refractivity contribution < 1.29 is 4.74 Å². The molecule has 0 atom stereocenters. The van der Waals surface area contributed by atoms with Crippen LogP contribution in [0.15, 0.2) is 195 Å². The first-order valence-corrected chi connectivity index (χ1v) is 27.2. The monoisotopic (exact) mass is 1000 g/mol. The van der Waals surface area contributed by atoms with Crippen molar-refractivity contribution in [3.05, 3.63) is 206 Å². The van der Waals surface area contributed by atoms with Gasteiger partial charge in [0.1, 0.15) is 24.2 Å². The van der Waals surface area contributed by atoms with E-state index in [9.17, 15) is 0 Å². The number of rotatable bonds is 4. The van der Waals surface area contributed by atoms with Crippen molar-refractivity contribution in [2.24, 2.45) is 0 Å². The Bertz CT molecular complexity index is 4040. The summed E-state index contributed by atoms with van der Waals surface area (Å²) in [5, 5.41) is 0. The van der Waals surface area contributed by atoms with Crippen LogP contribution < -0.4 is 4.74 Å². The third-order valence-corrected chi connectivity index (χ3v) is 17.5. The van der Waals surface area contributed by atoms with E-state index < -0.39 is 0 Å². The molecule has 360 valence electrons. The summed E-state index contributed by atoms with van der Waals surface area (Å²) >= 11 is 3.56. The zero-order chi connectivity index (χ0) is 50.7. The van der Waals surface area contributed by atoms with Gasteiger partial charge in [0.25, 0.3) is 0 Å². The Balaban J connectivity index is 0.932. The summed E-state index contributed by atoms with van der Waals surface area (Å²) in [5.41, 5.74) is 24.2. The minimum Gasteiger partial charge on any atom is -0.457 e. The van der Waals surface area contributed by atoms with E-state index in [1.807, 2.05) is 0 Å². The summed E-state index contributed by atoms with van der Waals surface area (Å²) < 4.78 is 9.29. The van der Waals surface area contributed by atoms with Crippen LogP contribution in [0.3, 0.4) is 0 Å². The van der Waals surface area contributed by atoms with Gasteiger partial charge in [0.05, 0.1) is 31.8 Å². The highest BCUT2D eigenvalue weighted by molar-refractivity contribution is 7.24. The highest BCUT2D eigenvalue weighted by Crippen LogP contribution is 2.56. The van der Waals surface area contributed by atoms with Crippen molar-refractivity contribution in [1.82, 2.24) is 19.9 Å². The fraction of sp³-hybridized carbons (Fsp3) is 0.118. The van der Waals surface area contributed by atoms with E-state index in [2.05, 4.69) is 224 Å². The minimum atomic E-state index is -0.200. The molecule has 0 amide bonds. The van der Waals surface area contributed by atoms with Crippen molar-refractivity contribution >= 4 is 43.1 Å². The predicted octanol–water partition coefficient (Wildman–Crippen LogP) is 19.4. The summed E-state index contributed by atoms with van der Waals surface area (Å²) in [6.45, 7) is 13.5. The van der Waals surface area contributed by atoms with E-state index in [0.29, 0.717) is 0 Å². The van der Waals surface area contributed by atoms with E-state index in [4.69, 9.17) is 24.7 Å². The van der Waals surface area contributed by atoms with Gasteiger partial charge in [-0.3, -0.25) is 0 Å². The summed E-state index contributed by atoms with van der Waals surface area (Å²) in [4.78, 5) is 22.9. The Hall–Kier alpha value is -8.36. The zero-order valence-corrected chi connectivity index (χ0v) is 44.1. The molecule has 2 aliphatic rings. The maximum Gasteiger partial charge on any atom is 0.128 e. The summed E-state index contributed by atoms with van der Waals surface area (Å²) in [7, 11) is 0. The van der Waals surface area contributed by atoms with E-state index in [1.165, 1.54) is 76.5 Å². The van der Waals surface area contributed by atoms with Crippen molar-refractivity contribution in [3.8, 4) is 122 Å². The van der Waals surface area contributed by atoms with Gasteiger partial charge in [-0.1, -0.05) is 187 Å². The molecule has 8 aromatic carbocycles. The number of thiophene rings is 2. The van der Waals surface area contributed by atoms with E-state index in [1.54, 1.807) is 35.3 Å². The van der Waals surface area contributed by atoms with Gasteiger partial charge in [-0.15, -0.1) is 22.7 Å². The molecule has 75 heavy (non-hydrogen) atoms. The van der Waals surface area contributed by atoms with Crippen LogP contribution in [0, 0.1) is 0 Å². The first-order valence-electron chi connectivity index (χ1n) is 25.6. The molecule has 4 aromatic heterocycles. The van der Waals surface area contributed by atoms with Crippen molar-refractivity contribution in [2.75, 3.05) is 0 Å². The van der Waals surface area contributed by atoms with Crippen LogP contribution in [-0.2, 0) is 10.8 Å². The van der Waals surface area contributed by atoms with Gasteiger partial charge in [-0.25, -0.2) is 19.9 Å². The molecule has 0 N–H and O–H groups in total. The Morgan fingerprint density at radius 1 is 0.333 bits per heavy atom. The molecule has 0 saturated heterocycles. The number of hydrogen-bond donors (Lipinski definition) is 0. The van der Waals surface area contributed by atoms with E-state index in [0.717, 1.165) is 76.7 Å².